The van der Waals surface area contributed by atoms with Crippen molar-refractivity contribution < 1.29 is 14.1 Å². The zero-order valence-electron chi connectivity index (χ0n) is 14.1. The molecule has 1 aromatic carbocycles. The average Bonchev–Trinajstić information content (AvgIpc) is 3.31. The van der Waals surface area contributed by atoms with E-state index in [1.807, 2.05) is 18.2 Å². The quantitative estimate of drug-likeness (QED) is 0.753. The predicted octanol–water partition coefficient (Wildman–Crippen LogP) is 2.66. The maximum atomic E-state index is 11.1. The third-order valence-electron chi connectivity index (χ3n) is 3.91. The lowest BCUT2D eigenvalue weighted by Gasteiger charge is -2.29. The molecule has 4 rings (SSSR count). The molecular weight excluding hydrogens is 354 g/mol. The van der Waals surface area contributed by atoms with E-state index in [9.17, 15) is 4.79 Å². The molecular formula is C17H17N5O3S. The van der Waals surface area contributed by atoms with Crippen molar-refractivity contribution in [3.8, 4) is 23.0 Å². The van der Waals surface area contributed by atoms with E-state index >= 15 is 0 Å². The van der Waals surface area contributed by atoms with Crippen molar-refractivity contribution in [2.24, 2.45) is 0 Å². The van der Waals surface area contributed by atoms with Gasteiger partial charge in [0.05, 0.1) is 13.2 Å². The first-order valence-corrected chi connectivity index (χ1v) is 9.07. The highest BCUT2D eigenvalue weighted by Crippen LogP contribution is 2.27. The van der Waals surface area contributed by atoms with Crippen LogP contribution in [0.25, 0.3) is 23.0 Å². The minimum absolute atomic E-state index is 0.169. The number of thiazole rings is 1. The number of rotatable bonds is 4. The molecule has 26 heavy (non-hydrogen) atoms. The standard InChI is InChI=1S/C17H17N5O3S/c1-11(23)18-17-19-14(10-26-17)16-20-15(21-25-16)12-3-2-4-13(9-12)22-5-7-24-8-6-22/h2-4,9-10H,5-8H2,1H3,(H,18,19,23). The summed E-state index contributed by atoms with van der Waals surface area (Å²) in [5.74, 6) is 0.658. The number of nitrogens with one attached hydrogen (secondary N) is 1. The first kappa shape index (κ1) is 16.7. The predicted molar refractivity (Wildman–Crippen MR) is 98.2 cm³/mol. The summed E-state index contributed by atoms with van der Waals surface area (Å²) in [5, 5.41) is 8.98. The fourth-order valence-electron chi connectivity index (χ4n) is 2.69. The van der Waals surface area contributed by atoms with Gasteiger partial charge in [0.1, 0.15) is 5.69 Å². The van der Waals surface area contributed by atoms with Crippen molar-refractivity contribution in [3.63, 3.8) is 0 Å². The van der Waals surface area contributed by atoms with Crippen LogP contribution in [0.2, 0.25) is 0 Å². The number of nitrogens with zero attached hydrogens (tertiary/aromatic N) is 4. The highest BCUT2D eigenvalue weighted by atomic mass is 32.1. The number of hydrogen-bond donors (Lipinski definition) is 1. The molecule has 1 N–H and O–H groups in total. The number of aromatic nitrogens is 3. The Hall–Kier alpha value is -2.78. The monoisotopic (exact) mass is 371 g/mol. The Morgan fingerprint density at radius 2 is 2.12 bits per heavy atom. The van der Waals surface area contributed by atoms with E-state index < -0.39 is 0 Å². The summed E-state index contributed by atoms with van der Waals surface area (Å²) in [6, 6.07) is 8.04. The van der Waals surface area contributed by atoms with E-state index in [0.717, 1.165) is 37.6 Å². The molecule has 0 bridgehead atoms. The largest absolute Gasteiger partial charge is 0.378 e. The molecule has 0 radical (unpaired) electrons. The third kappa shape index (κ3) is 3.58. The van der Waals surface area contributed by atoms with Gasteiger partial charge in [-0.2, -0.15) is 4.98 Å². The highest BCUT2D eigenvalue weighted by Gasteiger charge is 2.16. The molecule has 0 spiro atoms. The molecule has 1 aliphatic heterocycles. The summed E-state index contributed by atoms with van der Waals surface area (Å²) >= 11 is 1.31. The summed E-state index contributed by atoms with van der Waals surface area (Å²) in [4.78, 5) is 22.1. The minimum atomic E-state index is -0.169. The first-order valence-electron chi connectivity index (χ1n) is 8.19. The Labute approximate surface area is 153 Å². The summed E-state index contributed by atoms with van der Waals surface area (Å²) < 4.78 is 10.7. The SMILES string of the molecule is CC(=O)Nc1nc(-c2nc(-c3cccc(N4CCOCC4)c3)no2)cs1. The van der Waals surface area contributed by atoms with Crippen LogP contribution >= 0.6 is 11.3 Å². The number of ether oxygens (including phenoxy) is 1. The van der Waals surface area contributed by atoms with E-state index in [2.05, 4.69) is 31.4 Å². The van der Waals surface area contributed by atoms with Crippen LogP contribution in [0.5, 0.6) is 0 Å². The average molecular weight is 371 g/mol. The molecule has 1 amide bonds. The summed E-state index contributed by atoms with van der Waals surface area (Å²) in [5.41, 5.74) is 2.53. The van der Waals surface area contributed by atoms with E-state index in [4.69, 9.17) is 9.26 Å². The molecule has 3 aromatic rings. The van der Waals surface area contributed by atoms with Gasteiger partial charge in [-0.3, -0.25) is 4.79 Å². The topological polar surface area (TPSA) is 93.4 Å². The molecule has 1 saturated heterocycles. The fraction of sp³-hybridized carbons (Fsp3) is 0.294. The Morgan fingerprint density at radius 3 is 2.92 bits per heavy atom. The third-order valence-corrected chi connectivity index (χ3v) is 4.67. The van der Waals surface area contributed by atoms with Crippen molar-refractivity contribution in [1.82, 2.24) is 15.1 Å². The zero-order valence-corrected chi connectivity index (χ0v) is 15.0. The van der Waals surface area contributed by atoms with E-state index in [-0.39, 0.29) is 5.91 Å². The van der Waals surface area contributed by atoms with Crippen LogP contribution in [0.15, 0.2) is 34.2 Å². The summed E-state index contributed by atoms with van der Waals surface area (Å²) in [7, 11) is 0. The maximum absolute atomic E-state index is 11.1. The van der Waals surface area contributed by atoms with Crippen LogP contribution < -0.4 is 10.2 Å². The Morgan fingerprint density at radius 1 is 1.27 bits per heavy atom. The lowest BCUT2D eigenvalue weighted by atomic mass is 10.1. The second kappa shape index (κ2) is 7.22. The number of amides is 1. The van der Waals surface area contributed by atoms with Gasteiger partial charge in [-0.25, -0.2) is 4.98 Å². The lowest BCUT2D eigenvalue weighted by molar-refractivity contribution is -0.114. The molecule has 0 saturated carbocycles. The maximum Gasteiger partial charge on any atom is 0.277 e. The molecule has 1 fully saturated rings. The summed E-state index contributed by atoms with van der Waals surface area (Å²) in [6.07, 6.45) is 0. The molecule has 0 atom stereocenters. The number of hydrogen-bond acceptors (Lipinski definition) is 8. The van der Waals surface area contributed by atoms with Crippen LogP contribution in [0.4, 0.5) is 10.8 Å². The van der Waals surface area contributed by atoms with E-state index in [1.54, 1.807) is 5.38 Å². The lowest BCUT2D eigenvalue weighted by Crippen LogP contribution is -2.36. The van der Waals surface area contributed by atoms with Gasteiger partial charge in [0, 0.05) is 36.6 Å². The molecule has 2 aromatic heterocycles. The van der Waals surface area contributed by atoms with Crippen molar-refractivity contribution in [2.75, 3.05) is 36.5 Å². The smallest absolute Gasteiger partial charge is 0.277 e. The Kier molecular flexibility index (Phi) is 4.63. The van der Waals surface area contributed by atoms with Gasteiger partial charge >= 0.3 is 0 Å². The molecule has 3 heterocycles. The van der Waals surface area contributed by atoms with Crippen LogP contribution in [0.1, 0.15) is 6.92 Å². The molecule has 0 aliphatic carbocycles. The number of morpholine rings is 1. The van der Waals surface area contributed by atoms with Crippen LogP contribution in [0.3, 0.4) is 0 Å². The normalized spacial score (nSPS) is 14.4. The molecule has 8 nitrogen and oxygen atoms in total. The minimum Gasteiger partial charge on any atom is -0.378 e. The second-order valence-electron chi connectivity index (χ2n) is 5.79. The Bertz CT molecular complexity index is 917. The number of carbonyl (C=O) groups excluding carboxylic acids is 1. The van der Waals surface area contributed by atoms with Crippen LogP contribution in [-0.4, -0.2) is 47.3 Å². The number of anilines is 2. The fourth-order valence-corrected chi connectivity index (χ4v) is 3.42. The molecule has 1 aliphatic rings. The molecule has 134 valence electrons. The molecule has 9 heteroatoms. The van der Waals surface area contributed by atoms with Crippen LogP contribution in [-0.2, 0) is 9.53 Å². The van der Waals surface area contributed by atoms with Gasteiger partial charge in [-0.05, 0) is 12.1 Å². The first-order chi connectivity index (χ1) is 12.7. The van der Waals surface area contributed by atoms with E-state index in [0.29, 0.717) is 22.5 Å². The van der Waals surface area contributed by atoms with Gasteiger partial charge in [-0.1, -0.05) is 17.3 Å². The molecule has 0 unspecified atom stereocenters. The van der Waals surface area contributed by atoms with Gasteiger partial charge < -0.3 is 19.5 Å². The number of carbonyl (C=O) groups is 1. The van der Waals surface area contributed by atoms with E-state index in [1.165, 1.54) is 18.3 Å². The van der Waals surface area contributed by atoms with Crippen molar-refractivity contribution in [2.45, 2.75) is 6.92 Å². The Balaban J connectivity index is 1.56. The highest BCUT2D eigenvalue weighted by molar-refractivity contribution is 7.14. The zero-order chi connectivity index (χ0) is 17.9. The van der Waals surface area contributed by atoms with Gasteiger partial charge in [0.2, 0.25) is 11.7 Å². The van der Waals surface area contributed by atoms with Crippen molar-refractivity contribution >= 4 is 28.1 Å². The van der Waals surface area contributed by atoms with Gasteiger partial charge in [0.25, 0.3) is 5.89 Å². The van der Waals surface area contributed by atoms with Crippen molar-refractivity contribution in [3.05, 3.63) is 29.6 Å². The second-order valence-corrected chi connectivity index (χ2v) is 6.65. The van der Waals surface area contributed by atoms with Crippen LogP contribution in [0, 0.1) is 0 Å². The summed E-state index contributed by atoms with van der Waals surface area (Å²) in [6.45, 7) is 4.64. The van der Waals surface area contributed by atoms with Gasteiger partial charge in [0.15, 0.2) is 5.13 Å². The number of benzene rings is 1. The van der Waals surface area contributed by atoms with Crippen molar-refractivity contribution in [1.29, 1.82) is 0 Å². The van der Waals surface area contributed by atoms with Gasteiger partial charge in [-0.15, -0.1) is 11.3 Å².